The minimum absolute atomic E-state index is 0.108. The molecule has 0 amide bonds. The normalized spacial score (nSPS) is 12.6. The Balaban J connectivity index is 1.57. The first-order valence-electron chi connectivity index (χ1n) is 13.5. The zero-order chi connectivity index (χ0) is 27.7. The number of aryl methyl sites for hydroxylation is 2. The molecule has 0 radical (unpaired) electrons. The average molecular weight is 516 g/mol. The van der Waals surface area contributed by atoms with Crippen LogP contribution in [0.15, 0.2) is 71.3 Å². The van der Waals surface area contributed by atoms with Crippen LogP contribution in [0.5, 0.6) is 0 Å². The van der Waals surface area contributed by atoms with E-state index < -0.39 is 0 Å². The summed E-state index contributed by atoms with van der Waals surface area (Å²) in [7, 11) is 2.09. The van der Waals surface area contributed by atoms with Crippen LogP contribution in [0, 0.1) is 6.92 Å². The molecule has 4 heterocycles. The predicted octanol–water partition coefficient (Wildman–Crippen LogP) is 7.99. The first-order chi connectivity index (χ1) is 18.4. The monoisotopic (exact) mass is 515 g/mol. The number of rotatable bonds is 2. The highest BCUT2D eigenvalue weighted by Gasteiger charge is 2.25. The maximum Gasteiger partial charge on any atom is 0.227 e. The molecule has 0 atom stereocenters. The van der Waals surface area contributed by atoms with Crippen LogP contribution in [0.1, 0.15) is 58.6 Å². The highest BCUT2D eigenvalue weighted by Crippen LogP contribution is 2.38. The Morgan fingerprint density at radius 3 is 2.15 bits per heavy atom. The third-order valence-electron chi connectivity index (χ3n) is 7.40. The molecule has 6 rings (SSSR count). The van der Waals surface area contributed by atoms with Gasteiger partial charge in [-0.2, -0.15) is 0 Å². The van der Waals surface area contributed by atoms with Gasteiger partial charge in [-0.05, 0) is 42.1 Å². The lowest BCUT2D eigenvalue weighted by Crippen LogP contribution is -2.30. The second-order valence-corrected chi connectivity index (χ2v) is 12.6. The fraction of sp³-hybridized carbons (Fsp3) is 0.294. The van der Waals surface area contributed by atoms with Crippen molar-refractivity contribution >= 4 is 32.8 Å². The SMILES string of the molecule is Cc1ccc2c(oc3nc(-c4cc(C(C)(C)C)nc(C(C)(C)C)n4)ccc32)c1-c1cc2ccccc2c[n+]1C. The highest BCUT2D eigenvalue weighted by atomic mass is 16.3. The summed E-state index contributed by atoms with van der Waals surface area (Å²) in [5.41, 5.74) is 7.15. The fourth-order valence-corrected chi connectivity index (χ4v) is 5.11. The molecule has 0 aliphatic carbocycles. The summed E-state index contributed by atoms with van der Waals surface area (Å²) >= 11 is 0. The van der Waals surface area contributed by atoms with E-state index >= 15 is 0 Å². The van der Waals surface area contributed by atoms with Gasteiger partial charge in [0.25, 0.3) is 0 Å². The summed E-state index contributed by atoms with van der Waals surface area (Å²) in [5.74, 6) is 0.818. The molecule has 5 nitrogen and oxygen atoms in total. The molecule has 4 aromatic heterocycles. The van der Waals surface area contributed by atoms with Gasteiger partial charge in [-0.3, -0.25) is 0 Å². The largest absolute Gasteiger partial charge is 0.437 e. The van der Waals surface area contributed by atoms with Crippen molar-refractivity contribution in [1.29, 1.82) is 0 Å². The summed E-state index contributed by atoms with van der Waals surface area (Å²) in [6.45, 7) is 15.1. The number of hydrogen-bond donors (Lipinski definition) is 0. The summed E-state index contributed by atoms with van der Waals surface area (Å²) in [6, 6.07) is 21.2. The van der Waals surface area contributed by atoms with Crippen LogP contribution in [-0.2, 0) is 17.9 Å². The van der Waals surface area contributed by atoms with Crippen LogP contribution in [0.4, 0.5) is 0 Å². The molecule has 0 fully saturated rings. The van der Waals surface area contributed by atoms with Crippen molar-refractivity contribution in [3.63, 3.8) is 0 Å². The zero-order valence-corrected chi connectivity index (χ0v) is 24.0. The second-order valence-electron chi connectivity index (χ2n) is 12.6. The lowest BCUT2D eigenvalue weighted by molar-refractivity contribution is -0.659. The van der Waals surface area contributed by atoms with Gasteiger partial charge in [-0.15, -0.1) is 0 Å². The third-order valence-corrected chi connectivity index (χ3v) is 7.40. The summed E-state index contributed by atoms with van der Waals surface area (Å²) in [6.07, 6.45) is 2.18. The predicted molar refractivity (Wildman–Crippen MR) is 159 cm³/mol. The van der Waals surface area contributed by atoms with Gasteiger partial charge in [0.1, 0.15) is 12.9 Å². The van der Waals surface area contributed by atoms with Crippen molar-refractivity contribution < 1.29 is 8.98 Å². The molecule has 39 heavy (non-hydrogen) atoms. The Morgan fingerprint density at radius 1 is 0.718 bits per heavy atom. The number of aromatic nitrogens is 4. The topological polar surface area (TPSA) is 55.7 Å². The minimum Gasteiger partial charge on any atom is -0.437 e. The number of pyridine rings is 2. The smallest absolute Gasteiger partial charge is 0.227 e. The van der Waals surface area contributed by atoms with E-state index in [0.717, 1.165) is 56.1 Å². The van der Waals surface area contributed by atoms with E-state index in [9.17, 15) is 0 Å². The van der Waals surface area contributed by atoms with E-state index in [2.05, 4.69) is 121 Å². The van der Waals surface area contributed by atoms with E-state index in [0.29, 0.717) is 5.71 Å². The van der Waals surface area contributed by atoms with Crippen LogP contribution in [0.2, 0.25) is 0 Å². The molecule has 0 bridgehead atoms. The molecule has 2 aromatic carbocycles. The quantitative estimate of drug-likeness (QED) is 0.219. The zero-order valence-electron chi connectivity index (χ0n) is 24.0. The second kappa shape index (κ2) is 8.70. The molecule has 6 aromatic rings. The Morgan fingerprint density at radius 2 is 1.44 bits per heavy atom. The van der Waals surface area contributed by atoms with Crippen molar-refractivity contribution in [3.8, 4) is 22.6 Å². The summed E-state index contributed by atoms with van der Waals surface area (Å²) in [5, 5.41) is 4.47. The number of fused-ring (bicyclic) bond motifs is 4. The van der Waals surface area contributed by atoms with Crippen LogP contribution in [0.25, 0.3) is 55.5 Å². The van der Waals surface area contributed by atoms with Gasteiger partial charge in [0.15, 0.2) is 11.8 Å². The van der Waals surface area contributed by atoms with Crippen LogP contribution in [-0.4, -0.2) is 15.0 Å². The highest BCUT2D eigenvalue weighted by molar-refractivity contribution is 6.09. The van der Waals surface area contributed by atoms with E-state index in [1.54, 1.807) is 0 Å². The van der Waals surface area contributed by atoms with Crippen LogP contribution < -0.4 is 4.57 Å². The Bertz CT molecular complexity index is 1870. The fourth-order valence-electron chi connectivity index (χ4n) is 5.11. The number of furan rings is 1. The van der Waals surface area contributed by atoms with Gasteiger partial charge < -0.3 is 4.42 Å². The standard InChI is InChI=1S/C34H35N4O/c1-20-13-14-23-24-15-16-25(26-18-28(33(2,3)4)37-32(36-26)34(5,6)7)35-31(24)39-30(23)29(20)27-17-21-11-9-10-12-22(21)19-38(27)8/h9-19H,1-8H3/q+1. The van der Waals surface area contributed by atoms with Crippen molar-refractivity contribution in [2.24, 2.45) is 7.05 Å². The Hall–Kier alpha value is -4.12. The van der Waals surface area contributed by atoms with Crippen molar-refractivity contribution in [3.05, 3.63) is 83.9 Å². The summed E-state index contributed by atoms with van der Waals surface area (Å²) < 4.78 is 8.75. The van der Waals surface area contributed by atoms with E-state index in [1.807, 2.05) is 6.07 Å². The lowest BCUT2D eigenvalue weighted by Gasteiger charge is -2.23. The number of nitrogens with zero attached hydrogens (tertiary/aromatic N) is 4. The van der Waals surface area contributed by atoms with Gasteiger partial charge in [-0.25, -0.2) is 19.5 Å². The molecule has 0 unspecified atom stereocenters. The maximum atomic E-state index is 6.58. The Labute approximate surface area is 229 Å². The van der Waals surface area contributed by atoms with Gasteiger partial charge >= 0.3 is 0 Å². The third kappa shape index (κ3) is 4.36. The molecule has 0 spiro atoms. The van der Waals surface area contributed by atoms with E-state index in [-0.39, 0.29) is 10.8 Å². The van der Waals surface area contributed by atoms with Crippen LogP contribution >= 0.6 is 0 Å². The minimum atomic E-state index is -0.179. The molecule has 0 N–H and O–H groups in total. The van der Waals surface area contributed by atoms with Crippen molar-refractivity contribution in [2.75, 3.05) is 0 Å². The van der Waals surface area contributed by atoms with Gasteiger partial charge in [0.05, 0.1) is 22.6 Å². The lowest BCUT2D eigenvalue weighted by atomic mass is 9.89. The molecule has 0 aliphatic rings. The molecular formula is C34H35N4O+. The molecular weight excluding hydrogens is 480 g/mol. The first kappa shape index (κ1) is 25.2. The van der Waals surface area contributed by atoms with E-state index in [4.69, 9.17) is 19.4 Å². The Kier molecular flexibility index (Phi) is 5.62. The molecule has 0 aliphatic heterocycles. The molecule has 5 heteroatoms. The molecule has 0 saturated carbocycles. The van der Waals surface area contributed by atoms with Gasteiger partial charge in [0, 0.05) is 33.1 Å². The first-order valence-corrected chi connectivity index (χ1v) is 13.5. The van der Waals surface area contributed by atoms with Gasteiger partial charge in [-0.1, -0.05) is 71.9 Å². The van der Waals surface area contributed by atoms with Crippen molar-refractivity contribution in [1.82, 2.24) is 15.0 Å². The van der Waals surface area contributed by atoms with Crippen molar-refractivity contribution in [2.45, 2.75) is 59.3 Å². The summed E-state index contributed by atoms with van der Waals surface area (Å²) in [4.78, 5) is 14.9. The van der Waals surface area contributed by atoms with Gasteiger partial charge in [0.2, 0.25) is 11.4 Å². The van der Waals surface area contributed by atoms with E-state index in [1.165, 1.54) is 10.8 Å². The number of hydrogen-bond acceptors (Lipinski definition) is 4. The molecule has 0 saturated heterocycles. The molecule has 196 valence electrons. The van der Waals surface area contributed by atoms with Crippen LogP contribution in [0.3, 0.4) is 0 Å². The average Bonchev–Trinajstić information content (AvgIpc) is 3.25. The maximum absolute atomic E-state index is 6.58. The number of benzene rings is 2.